The zero-order valence-corrected chi connectivity index (χ0v) is 11.9. The molecular formula is C13H22N2O5. The molecular weight excluding hydrogens is 264 g/mol. The van der Waals surface area contributed by atoms with Gasteiger partial charge in [-0.05, 0) is 18.8 Å². The van der Waals surface area contributed by atoms with E-state index in [2.05, 4.69) is 17.0 Å². The van der Waals surface area contributed by atoms with Crippen molar-refractivity contribution < 1.29 is 24.2 Å². The van der Waals surface area contributed by atoms with Crippen molar-refractivity contribution in [3.8, 4) is 0 Å². The molecule has 1 rings (SSSR count). The predicted molar refractivity (Wildman–Crippen MR) is 71.2 cm³/mol. The normalized spacial score (nSPS) is 19.5. The molecule has 1 heterocycles. The molecule has 7 nitrogen and oxygen atoms in total. The van der Waals surface area contributed by atoms with Crippen LogP contribution in [-0.4, -0.2) is 54.2 Å². The third-order valence-corrected chi connectivity index (χ3v) is 3.61. The Kier molecular flexibility index (Phi) is 6.27. The van der Waals surface area contributed by atoms with E-state index in [1.165, 1.54) is 7.11 Å². The molecule has 0 bridgehead atoms. The molecule has 1 aliphatic heterocycles. The average Bonchev–Trinajstić information content (AvgIpc) is 2.91. The first-order chi connectivity index (χ1) is 9.47. The molecule has 1 unspecified atom stereocenters. The molecule has 0 aliphatic carbocycles. The molecule has 1 saturated heterocycles. The number of nitrogens with zero attached hydrogens (tertiary/aromatic N) is 1. The SMILES string of the molecule is CCC1CCN(C(=O)N[C@@H](CCC(=O)OC)C(=O)O)C1. The van der Waals surface area contributed by atoms with Gasteiger partial charge in [0, 0.05) is 19.5 Å². The van der Waals surface area contributed by atoms with Crippen molar-refractivity contribution in [1.82, 2.24) is 10.2 Å². The number of methoxy groups -OCH3 is 1. The van der Waals surface area contributed by atoms with Gasteiger partial charge in [-0.25, -0.2) is 9.59 Å². The Morgan fingerprint density at radius 1 is 1.45 bits per heavy atom. The van der Waals surface area contributed by atoms with E-state index in [-0.39, 0.29) is 18.9 Å². The molecule has 7 heteroatoms. The smallest absolute Gasteiger partial charge is 0.326 e. The van der Waals surface area contributed by atoms with Crippen LogP contribution in [0.15, 0.2) is 0 Å². The van der Waals surface area contributed by atoms with Crippen LogP contribution in [0.5, 0.6) is 0 Å². The van der Waals surface area contributed by atoms with Gasteiger partial charge in [-0.1, -0.05) is 13.3 Å². The topological polar surface area (TPSA) is 95.9 Å². The minimum absolute atomic E-state index is 0.0266. The Morgan fingerprint density at radius 2 is 2.15 bits per heavy atom. The number of hydrogen-bond donors (Lipinski definition) is 2. The summed E-state index contributed by atoms with van der Waals surface area (Å²) in [6.45, 7) is 3.38. The highest BCUT2D eigenvalue weighted by molar-refractivity contribution is 5.83. The molecule has 0 aromatic carbocycles. The summed E-state index contributed by atoms with van der Waals surface area (Å²) in [6, 6.07) is -1.44. The van der Waals surface area contributed by atoms with Crippen LogP contribution in [0.3, 0.4) is 0 Å². The highest BCUT2D eigenvalue weighted by atomic mass is 16.5. The Bertz CT molecular complexity index is 372. The summed E-state index contributed by atoms with van der Waals surface area (Å²) < 4.78 is 4.46. The zero-order chi connectivity index (χ0) is 15.1. The van der Waals surface area contributed by atoms with Crippen molar-refractivity contribution in [2.75, 3.05) is 20.2 Å². The molecule has 114 valence electrons. The van der Waals surface area contributed by atoms with E-state index in [0.29, 0.717) is 19.0 Å². The molecule has 1 aliphatic rings. The second-order valence-electron chi connectivity index (χ2n) is 4.96. The number of esters is 1. The van der Waals surface area contributed by atoms with Crippen LogP contribution in [0.1, 0.15) is 32.6 Å². The van der Waals surface area contributed by atoms with Crippen LogP contribution in [0.25, 0.3) is 0 Å². The number of carboxylic acid groups (broad SMARTS) is 1. The summed E-state index contributed by atoms with van der Waals surface area (Å²) >= 11 is 0. The number of carbonyl (C=O) groups excluding carboxylic acids is 2. The monoisotopic (exact) mass is 286 g/mol. The van der Waals surface area contributed by atoms with Gasteiger partial charge in [0.2, 0.25) is 0 Å². The van der Waals surface area contributed by atoms with Gasteiger partial charge in [-0.2, -0.15) is 0 Å². The summed E-state index contributed by atoms with van der Waals surface area (Å²) in [7, 11) is 1.24. The zero-order valence-electron chi connectivity index (χ0n) is 11.9. The van der Waals surface area contributed by atoms with Crippen molar-refractivity contribution >= 4 is 18.0 Å². The number of rotatable bonds is 6. The van der Waals surface area contributed by atoms with Crippen molar-refractivity contribution in [3.05, 3.63) is 0 Å². The maximum absolute atomic E-state index is 12.0. The fourth-order valence-electron chi connectivity index (χ4n) is 2.21. The quantitative estimate of drug-likeness (QED) is 0.705. The minimum Gasteiger partial charge on any atom is -0.480 e. The summed E-state index contributed by atoms with van der Waals surface area (Å²) in [4.78, 5) is 35.7. The van der Waals surface area contributed by atoms with Crippen LogP contribution in [0.2, 0.25) is 0 Å². The molecule has 1 fully saturated rings. The predicted octanol–water partition coefficient (Wildman–Crippen LogP) is 0.834. The number of nitrogens with one attached hydrogen (secondary N) is 1. The lowest BCUT2D eigenvalue weighted by atomic mass is 10.1. The summed E-state index contributed by atoms with van der Waals surface area (Å²) in [6.07, 6.45) is 1.95. The van der Waals surface area contributed by atoms with Gasteiger partial charge in [-0.3, -0.25) is 4.79 Å². The van der Waals surface area contributed by atoms with Crippen molar-refractivity contribution in [2.24, 2.45) is 5.92 Å². The van der Waals surface area contributed by atoms with Gasteiger partial charge in [0.1, 0.15) is 6.04 Å². The molecule has 2 amide bonds. The fourth-order valence-corrected chi connectivity index (χ4v) is 2.21. The standard InChI is InChI=1S/C13H22N2O5/c1-3-9-6-7-15(8-9)13(19)14-10(12(17)18)4-5-11(16)20-2/h9-10H,3-8H2,1-2H3,(H,14,19)(H,17,18)/t9?,10-/m0/s1. The number of amides is 2. The van der Waals surface area contributed by atoms with Crippen molar-refractivity contribution in [1.29, 1.82) is 0 Å². The lowest BCUT2D eigenvalue weighted by Gasteiger charge is -2.20. The maximum Gasteiger partial charge on any atom is 0.326 e. The van der Waals surface area contributed by atoms with E-state index in [4.69, 9.17) is 5.11 Å². The first-order valence-corrected chi connectivity index (χ1v) is 6.83. The van der Waals surface area contributed by atoms with Crippen LogP contribution in [0, 0.1) is 5.92 Å². The maximum atomic E-state index is 12.0. The van der Waals surface area contributed by atoms with Crippen LogP contribution in [-0.2, 0) is 14.3 Å². The van der Waals surface area contributed by atoms with E-state index >= 15 is 0 Å². The Morgan fingerprint density at radius 3 is 2.65 bits per heavy atom. The minimum atomic E-state index is -1.14. The number of ether oxygens (including phenoxy) is 1. The van der Waals surface area contributed by atoms with E-state index in [1.807, 2.05) is 0 Å². The number of urea groups is 1. The lowest BCUT2D eigenvalue weighted by molar-refractivity contribution is -0.142. The second-order valence-corrected chi connectivity index (χ2v) is 4.96. The molecule has 2 N–H and O–H groups in total. The van der Waals surface area contributed by atoms with Gasteiger partial charge in [-0.15, -0.1) is 0 Å². The molecule has 0 spiro atoms. The number of likely N-dealkylation sites (tertiary alicyclic amines) is 1. The largest absolute Gasteiger partial charge is 0.480 e. The van der Waals surface area contributed by atoms with Crippen LogP contribution < -0.4 is 5.32 Å². The molecule has 0 radical (unpaired) electrons. The third kappa shape index (κ3) is 4.71. The second kappa shape index (κ2) is 7.72. The summed E-state index contributed by atoms with van der Waals surface area (Å²) in [5.74, 6) is -1.15. The fraction of sp³-hybridized carbons (Fsp3) is 0.769. The lowest BCUT2D eigenvalue weighted by Crippen LogP contribution is -2.47. The molecule has 20 heavy (non-hydrogen) atoms. The number of hydrogen-bond acceptors (Lipinski definition) is 4. The van der Waals surface area contributed by atoms with Gasteiger partial charge < -0.3 is 20.1 Å². The highest BCUT2D eigenvalue weighted by Crippen LogP contribution is 2.19. The van der Waals surface area contributed by atoms with Gasteiger partial charge in [0.25, 0.3) is 0 Å². The molecule has 0 aromatic heterocycles. The van der Waals surface area contributed by atoms with Gasteiger partial charge in [0.15, 0.2) is 0 Å². The van der Waals surface area contributed by atoms with Crippen LogP contribution >= 0.6 is 0 Å². The van der Waals surface area contributed by atoms with Crippen LogP contribution in [0.4, 0.5) is 4.79 Å². The third-order valence-electron chi connectivity index (χ3n) is 3.61. The van der Waals surface area contributed by atoms with E-state index in [1.54, 1.807) is 4.90 Å². The Labute approximate surface area is 118 Å². The van der Waals surface area contributed by atoms with Gasteiger partial charge >= 0.3 is 18.0 Å². The summed E-state index contributed by atoms with van der Waals surface area (Å²) in [5.41, 5.74) is 0. The Balaban J connectivity index is 2.47. The first-order valence-electron chi connectivity index (χ1n) is 6.83. The Hall–Kier alpha value is -1.79. The van der Waals surface area contributed by atoms with Crippen molar-refractivity contribution in [2.45, 2.75) is 38.6 Å². The molecule has 0 aromatic rings. The summed E-state index contributed by atoms with van der Waals surface area (Å²) in [5, 5.41) is 11.5. The average molecular weight is 286 g/mol. The first kappa shape index (κ1) is 16.3. The van der Waals surface area contributed by atoms with E-state index in [0.717, 1.165) is 12.8 Å². The van der Waals surface area contributed by atoms with E-state index in [9.17, 15) is 14.4 Å². The number of carbonyl (C=O) groups is 3. The number of aliphatic carboxylic acids is 1. The van der Waals surface area contributed by atoms with Crippen molar-refractivity contribution in [3.63, 3.8) is 0 Å². The molecule has 0 saturated carbocycles. The van der Waals surface area contributed by atoms with Gasteiger partial charge in [0.05, 0.1) is 7.11 Å². The molecule has 2 atom stereocenters. The highest BCUT2D eigenvalue weighted by Gasteiger charge is 2.28. The number of carboxylic acids is 1. The van der Waals surface area contributed by atoms with E-state index < -0.39 is 18.0 Å².